The number of carbonyl (C=O) groups is 1. The van der Waals surface area contributed by atoms with E-state index in [0.717, 1.165) is 55.0 Å². The normalized spacial score (nSPS) is 11.5. The first-order valence-electron chi connectivity index (χ1n) is 10.2. The van der Waals surface area contributed by atoms with Gasteiger partial charge in [0.05, 0.1) is 17.4 Å². The Balaban J connectivity index is 1.41. The first-order valence-corrected chi connectivity index (χ1v) is 10.2. The van der Waals surface area contributed by atoms with Crippen LogP contribution in [-0.4, -0.2) is 60.6 Å². The standard InChI is InChI=1S/C23H30N6O/c1-24-23(25-13-7-15-29-17-27-20-10-4-5-11-21(20)29)26-14-12-18-8-6-9-19(16-18)22(30)28(2)3/h4-6,8-11,16-17H,7,12-15H2,1-3H3,(H2,24,25,26). The zero-order valence-electron chi connectivity index (χ0n) is 17.9. The maximum atomic E-state index is 12.1. The van der Waals surface area contributed by atoms with E-state index in [9.17, 15) is 4.79 Å². The zero-order chi connectivity index (χ0) is 21.3. The van der Waals surface area contributed by atoms with Crippen molar-refractivity contribution in [3.63, 3.8) is 0 Å². The molecular weight excluding hydrogens is 376 g/mol. The number of para-hydroxylation sites is 2. The molecule has 3 rings (SSSR count). The lowest BCUT2D eigenvalue weighted by Gasteiger charge is -2.13. The summed E-state index contributed by atoms with van der Waals surface area (Å²) in [5.41, 5.74) is 4.03. The average Bonchev–Trinajstić information content (AvgIpc) is 3.18. The molecule has 0 unspecified atom stereocenters. The van der Waals surface area contributed by atoms with Gasteiger partial charge in [-0.15, -0.1) is 0 Å². The largest absolute Gasteiger partial charge is 0.356 e. The predicted molar refractivity (Wildman–Crippen MR) is 122 cm³/mol. The van der Waals surface area contributed by atoms with Gasteiger partial charge in [0.2, 0.25) is 0 Å². The van der Waals surface area contributed by atoms with Crippen LogP contribution in [0, 0.1) is 0 Å². The number of aromatic nitrogens is 2. The summed E-state index contributed by atoms with van der Waals surface area (Å²) in [5, 5.41) is 6.69. The molecule has 2 N–H and O–H groups in total. The SMILES string of the molecule is CN=C(NCCCn1cnc2ccccc21)NCCc1cccc(C(=O)N(C)C)c1. The number of aryl methyl sites for hydroxylation is 1. The third kappa shape index (κ3) is 5.59. The van der Waals surface area contributed by atoms with Gasteiger partial charge in [-0.05, 0) is 42.7 Å². The smallest absolute Gasteiger partial charge is 0.253 e. The molecule has 0 spiro atoms. The minimum Gasteiger partial charge on any atom is -0.356 e. The predicted octanol–water partition coefficient (Wildman–Crippen LogP) is 2.54. The second kappa shape index (κ2) is 10.4. The van der Waals surface area contributed by atoms with Crippen LogP contribution in [0.5, 0.6) is 0 Å². The van der Waals surface area contributed by atoms with E-state index < -0.39 is 0 Å². The molecule has 0 aliphatic carbocycles. The molecule has 7 nitrogen and oxygen atoms in total. The summed E-state index contributed by atoms with van der Waals surface area (Å²) < 4.78 is 2.18. The average molecular weight is 407 g/mol. The quantitative estimate of drug-likeness (QED) is 0.343. The van der Waals surface area contributed by atoms with E-state index in [1.807, 2.05) is 48.8 Å². The molecule has 30 heavy (non-hydrogen) atoms. The van der Waals surface area contributed by atoms with Crippen molar-refractivity contribution in [2.24, 2.45) is 4.99 Å². The Morgan fingerprint density at radius 1 is 1.10 bits per heavy atom. The van der Waals surface area contributed by atoms with Crippen LogP contribution in [0.2, 0.25) is 0 Å². The van der Waals surface area contributed by atoms with Crippen molar-refractivity contribution < 1.29 is 4.79 Å². The molecule has 0 aliphatic rings. The number of imidazole rings is 1. The number of hydrogen-bond donors (Lipinski definition) is 2. The number of benzene rings is 2. The van der Waals surface area contributed by atoms with E-state index in [1.165, 1.54) is 0 Å². The third-order valence-electron chi connectivity index (χ3n) is 4.91. The summed E-state index contributed by atoms with van der Waals surface area (Å²) in [6, 6.07) is 15.9. The van der Waals surface area contributed by atoms with E-state index in [1.54, 1.807) is 26.0 Å². The fourth-order valence-electron chi connectivity index (χ4n) is 3.31. The maximum Gasteiger partial charge on any atom is 0.253 e. The Morgan fingerprint density at radius 2 is 1.90 bits per heavy atom. The topological polar surface area (TPSA) is 74.5 Å². The molecule has 0 atom stereocenters. The van der Waals surface area contributed by atoms with Crippen molar-refractivity contribution in [1.29, 1.82) is 0 Å². The molecule has 1 aromatic heterocycles. The molecule has 0 bridgehead atoms. The molecule has 0 saturated carbocycles. The molecular formula is C23H30N6O. The van der Waals surface area contributed by atoms with Gasteiger partial charge in [-0.2, -0.15) is 0 Å². The van der Waals surface area contributed by atoms with Crippen LogP contribution in [0.15, 0.2) is 59.9 Å². The monoisotopic (exact) mass is 406 g/mol. The van der Waals surface area contributed by atoms with Crippen LogP contribution in [0.4, 0.5) is 0 Å². The van der Waals surface area contributed by atoms with Crippen molar-refractivity contribution in [3.05, 3.63) is 66.0 Å². The number of amides is 1. The highest BCUT2D eigenvalue weighted by Crippen LogP contribution is 2.12. The summed E-state index contributed by atoms with van der Waals surface area (Å²) in [7, 11) is 5.30. The van der Waals surface area contributed by atoms with E-state index in [4.69, 9.17) is 0 Å². The number of carbonyl (C=O) groups excluding carboxylic acids is 1. The highest BCUT2D eigenvalue weighted by Gasteiger charge is 2.08. The van der Waals surface area contributed by atoms with Gasteiger partial charge in [-0.3, -0.25) is 9.79 Å². The second-order valence-corrected chi connectivity index (χ2v) is 7.36. The Labute approximate surface area is 177 Å². The fraction of sp³-hybridized carbons (Fsp3) is 0.348. The van der Waals surface area contributed by atoms with Crippen molar-refractivity contribution >= 4 is 22.9 Å². The van der Waals surface area contributed by atoms with Gasteiger partial charge in [-0.25, -0.2) is 4.98 Å². The fourth-order valence-corrected chi connectivity index (χ4v) is 3.31. The summed E-state index contributed by atoms with van der Waals surface area (Å²) >= 11 is 0. The third-order valence-corrected chi connectivity index (χ3v) is 4.91. The lowest BCUT2D eigenvalue weighted by Crippen LogP contribution is -2.39. The van der Waals surface area contributed by atoms with Crippen LogP contribution in [0.25, 0.3) is 11.0 Å². The molecule has 0 fully saturated rings. The molecule has 0 saturated heterocycles. The van der Waals surface area contributed by atoms with Gasteiger partial charge >= 0.3 is 0 Å². The van der Waals surface area contributed by atoms with Crippen molar-refractivity contribution in [2.45, 2.75) is 19.4 Å². The van der Waals surface area contributed by atoms with E-state index in [-0.39, 0.29) is 5.91 Å². The van der Waals surface area contributed by atoms with Crippen LogP contribution in [-0.2, 0) is 13.0 Å². The first kappa shape index (κ1) is 21.4. The Kier molecular flexibility index (Phi) is 7.43. The summed E-state index contributed by atoms with van der Waals surface area (Å²) in [5.74, 6) is 0.805. The maximum absolute atomic E-state index is 12.1. The van der Waals surface area contributed by atoms with Gasteiger partial charge in [-0.1, -0.05) is 24.3 Å². The zero-order valence-corrected chi connectivity index (χ0v) is 17.9. The molecule has 0 radical (unpaired) electrons. The number of aliphatic imine (C=N–C) groups is 1. The van der Waals surface area contributed by atoms with Gasteiger partial charge in [0.25, 0.3) is 5.91 Å². The van der Waals surface area contributed by atoms with E-state index in [0.29, 0.717) is 5.56 Å². The highest BCUT2D eigenvalue weighted by molar-refractivity contribution is 5.94. The van der Waals surface area contributed by atoms with Crippen LogP contribution >= 0.6 is 0 Å². The van der Waals surface area contributed by atoms with Crippen molar-refractivity contribution in [3.8, 4) is 0 Å². The number of nitrogens with zero attached hydrogens (tertiary/aromatic N) is 4. The Morgan fingerprint density at radius 3 is 2.70 bits per heavy atom. The van der Waals surface area contributed by atoms with E-state index in [2.05, 4.69) is 31.2 Å². The minimum absolute atomic E-state index is 0.0213. The summed E-state index contributed by atoms with van der Waals surface area (Å²) in [4.78, 5) is 22.4. The lowest BCUT2D eigenvalue weighted by molar-refractivity contribution is 0.0827. The Bertz CT molecular complexity index is 1010. The minimum atomic E-state index is 0.0213. The number of rotatable bonds is 8. The van der Waals surface area contributed by atoms with Gasteiger partial charge in [0.15, 0.2) is 5.96 Å². The number of nitrogens with one attached hydrogen (secondary N) is 2. The van der Waals surface area contributed by atoms with E-state index >= 15 is 0 Å². The molecule has 3 aromatic rings. The molecule has 7 heteroatoms. The van der Waals surface area contributed by atoms with Crippen LogP contribution < -0.4 is 10.6 Å². The molecule has 0 aliphatic heterocycles. The Hall–Kier alpha value is -3.35. The van der Waals surface area contributed by atoms with Crippen molar-refractivity contribution in [2.75, 3.05) is 34.2 Å². The molecule has 158 valence electrons. The molecule has 2 aromatic carbocycles. The highest BCUT2D eigenvalue weighted by atomic mass is 16.2. The van der Waals surface area contributed by atoms with Gasteiger partial charge < -0.3 is 20.1 Å². The lowest BCUT2D eigenvalue weighted by atomic mass is 10.1. The number of guanidine groups is 1. The van der Waals surface area contributed by atoms with Gasteiger partial charge in [0.1, 0.15) is 0 Å². The molecule has 1 amide bonds. The number of hydrogen-bond acceptors (Lipinski definition) is 3. The van der Waals surface area contributed by atoms with Gasteiger partial charge in [0, 0.05) is 46.3 Å². The second-order valence-electron chi connectivity index (χ2n) is 7.36. The first-order chi connectivity index (χ1) is 14.6. The summed E-state index contributed by atoms with van der Waals surface area (Å²) in [6.07, 6.45) is 3.68. The van der Waals surface area contributed by atoms with Crippen LogP contribution in [0.3, 0.4) is 0 Å². The van der Waals surface area contributed by atoms with Crippen LogP contribution in [0.1, 0.15) is 22.3 Å². The number of fused-ring (bicyclic) bond motifs is 1. The van der Waals surface area contributed by atoms with Crippen molar-refractivity contribution in [1.82, 2.24) is 25.1 Å². The summed E-state index contributed by atoms with van der Waals surface area (Å²) in [6.45, 7) is 2.46. The molecule has 1 heterocycles.